The number of ketones is 1. The fourth-order valence-corrected chi connectivity index (χ4v) is 2.36. The van der Waals surface area contributed by atoms with Crippen LogP contribution in [0.2, 0.25) is 0 Å². The topological polar surface area (TPSA) is 134 Å². The summed E-state index contributed by atoms with van der Waals surface area (Å²) in [6, 6.07) is 10.4. The zero-order chi connectivity index (χ0) is 19.6. The SMILES string of the molecule is O=C(/C=C/c1ccc([N+](=O)[O-])cc1)c1cc2cc([N+](=O)[O-])ccc2oc1=O. The molecule has 0 aliphatic heterocycles. The first kappa shape index (κ1) is 17.7. The van der Waals surface area contributed by atoms with E-state index in [1.165, 1.54) is 54.6 Å². The molecule has 27 heavy (non-hydrogen) atoms. The molecule has 0 saturated carbocycles. The van der Waals surface area contributed by atoms with Gasteiger partial charge in [0, 0.05) is 29.7 Å². The summed E-state index contributed by atoms with van der Waals surface area (Å²) in [4.78, 5) is 44.6. The predicted molar refractivity (Wildman–Crippen MR) is 95.6 cm³/mol. The number of non-ortho nitro benzene ring substituents is 2. The third-order valence-electron chi connectivity index (χ3n) is 3.72. The summed E-state index contributed by atoms with van der Waals surface area (Å²) in [6.07, 6.45) is 2.51. The van der Waals surface area contributed by atoms with E-state index in [0.29, 0.717) is 5.56 Å². The maximum Gasteiger partial charge on any atom is 0.347 e. The Bertz CT molecular complexity index is 1160. The van der Waals surface area contributed by atoms with E-state index < -0.39 is 21.3 Å². The molecule has 0 atom stereocenters. The number of nitro groups is 2. The number of hydrogen-bond acceptors (Lipinski definition) is 7. The smallest absolute Gasteiger partial charge is 0.347 e. The Morgan fingerprint density at radius 2 is 1.56 bits per heavy atom. The van der Waals surface area contributed by atoms with Gasteiger partial charge in [0.2, 0.25) is 0 Å². The first-order valence-electron chi connectivity index (χ1n) is 7.54. The molecule has 0 amide bonds. The lowest BCUT2D eigenvalue weighted by molar-refractivity contribution is -0.385. The fourth-order valence-electron chi connectivity index (χ4n) is 2.36. The minimum absolute atomic E-state index is 0.0877. The van der Waals surface area contributed by atoms with E-state index in [0.717, 1.165) is 6.08 Å². The van der Waals surface area contributed by atoms with E-state index in [1.807, 2.05) is 0 Å². The van der Waals surface area contributed by atoms with Crippen LogP contribution in [0.1, 0.15) is 15.9 Å². The second-order valence-corrected chi connectivity index (χ2v) is 5.47. The second-order valence-electron chi connectivity index (χ2n) is 5.47. The lowest BCUT2D eigenvalue weighted by Gasteiger charge is -2.00. The number of carbonyl (C=O) groups is 1. The molecule has 3 rings (SSSR count). The summed E-state index contributed by atoms with van der Waals surface area (Å²) < 4.78 is 5.03. The molecule has 0 radical (unpaired) electrons. The molecule has 0 bridgehead atoms. The van der Waals surface area contributed by atoms with Crippen LogP contribution in [0.25, 0.3) is 17.0 Å². The standard InChI is InChI=1S/C18H10N2O7/c21-16(7-3-11-1-4-13(5-2-11)19(23)24)15-10-12-9-14(20(25)26)6-8-17(12)27-18(15)22/h1-10H/b7-3+. The van der Waals surface area contributed by atoms with Crippen LogP contribution in [0.3, 0.4) is 0 Å². The highest BCUT2D eigenvalue weighted by Crippen LogP contribution is 2.21. The van der Waals surface area contributed by atoms with E-state index in [2.05, 4.69) is 0 Å². The maximum atomic E-state index is 12.3. The summed E-state index contributed by atoms with van der Waals surface area (Å²) in [5, 5.41) is 21.7. The second kappa shape index (κ2) is 7.00. The van der Waals surface area contributed by atoms with Crippen LogP contribution in [-0.4, -0.2) is 15.6 Å². The van der Waals surface area contributed by atoms with E-state index in [-0.39, 0.29) is 27.9 Å². The molecule has 0 spiro atoms. The van der Waals surface area contributed by atoms with Crippen molar-refractivity contribution in [3.05, 3.63) is 96.4 Å². The third-order valence-corrected chi connectivity index (χ3v) is 3.72. The molecule has 0 saturated heterocycles. The number of hydrogen-bond donors (Lipinski definition) is 0. The van der Waals surface area contributed by atoms with Crippen LogP contribution in [0, 0.1) is 20.2 Å². The molecule has 0 aliphatic carbocycles. The van der Waals surface area contributed by atoms with Gasteiger partial charge >= 0.3 is 5.63 Å². The number of carbonyl (C=O) groups excluding carboxylic acids is 1. The van der Waals surface area contributed by atoms with Crippen molar-refractivity contribution >= 4 is 34.2 Å². The van der Waals surface area contributed by atoms with Crippen molar-refractivity contribution in [2.75, 3.05) is 0 Å². The minimum atomic E-state index is -0.866. The largest absolute Gasteiger partial charge is 0.422 e. The minimum Gasteiger partial charge on any atom is -0.422 e. The molecule has 2 aromatic carbocycles. The number of nitrogens with zero attached hydrogens (tertiary/aromatic N) is 2. The van der Waals surface area contributed by atoms with Crippen molar-refractivity contribution in [1.29, 1.82) is 0 Å². The first-order valence-corrected chi connectivity index (χ1v) is 7.54. The summed E-state index contributed by atoms with van der Waals surface area (Å²) in [5.41, 5.74) is -0.779. The van der Waals surface area contributed by atoms with Gasteiger partial charge in [-0.05, 0) is 35.9 Å². The predicted octanol–water partition coefficient (Wildman–Crippen LogP) is 3.51. The summed E-state index contributed by atoms with van der Waals surface area (Å²) in [7, 11) is 0. The number of benzene rings is 2. The van der Waals surface area contributed by atoms with Crippen molar-refractivity contribution in [3.63, 3.8) is 0 Å². The maximum absolute atomic E-state index is 12.3. The van der Waals surface area contributed by atoms with Crippen molar-refractivity contribution in [3.8, 4) is 0 Å². The van der Waals surface area contributed by atoms with E-state index >= 15 is 0 Å². The molecule has 0 unspecified atom stereocenters. The molecule has 0 aliphatic rings. The number of rotatable bonds is 5. The molecule has 3 aromatic rings. The van der Waals surface area contributed by atoms with E-state index in [1.54, 1.807) is 0 Å². The van der Waals surface area contributed by atoms with Crippen molar-refractivity contribution in [2.24, 2.45) is 0 Å². The lowest BCUT2D eigenvalue weighted by Crippen LogP contribution is -2.12. The Morgan fingerprint density at radius 1 is 0.926 bits per heavy atom. The van der Waals surface area contributed by atoms with Gasteiger partial charge in [-0.15, -0.1) is 0 Å². The van der Waals surface area contributed by atoms with Crippen LogP contribution < -0.4 is 5.63 Å². The Labute approximate surface area is 150 Å². The van der Waals surface area contributed by atoms with E-state index in [4.69, 9.17) is 4.42 Å². The van der Waals surface area contributed by atoms with Gasteiger partial charge in [-0.1, -0.05) is 6.08 Å². The van der Waals surface area contributed by atoms with Gasteiger partial charge < -0.3 is 4.42 Å². The molecule has 9 heteroatoms. The molecule has 0 fully saturated rings. The Hall–Kier alpha value is -4.14. The molecule has 1 aromatic heterocycles. The number of fused-ring (bicyclic) bond motifs is 1. The summed E-state index contributed by atoms with van der Waals surface area (Å²) >= 11 is 0. The van der Waals surface area contributed by atoms with E-state index in [9.17, 15) is 29.8 Å². The lowest BCUT2D eigenvalue weighted by atomic mass is 10.1. The highest BCUT2D eigenvalue weighted by Gasteiger charge is 2.14. The highest BCUT2D eigenvalue weighted by molar-refractivity contribution is 6.07. The van der Waals surface area contributed by atoms with Gasteiger partial charge in [0.25, 0.3) is 11.4 Å². The van der Waals surface area contributed by atoms with Crippen molar-refractivity contribution < 1.29 is 19.1 Å². The van der Waals surface area contributed by atoms with Gasteiger partial charge in [-0.2, -0.15) is 0 Å². The average Bonchev–Trinajstić information content (AvgIpc) is 2.65. The van der Waals surface area contributed by atoms with Crippen molar-refractivity contribution in [2.45, 2.75) is 0 Å². The Morgan fingerprint density at radius 3 is 2.19 bits per heavy atom. The molecule has 0 N–H and O–H groups in total. The van der Waals surface area contributed by atoms with Crippen LogP contribution in [-0.2, 0) is 0 Å². The van der Waals surface area contributed by atoms with Gasteiger partial charge in [-0.25, -0.2) is 4.79 Å². The molecule has 1 heterocycles. The molecule has 134 valence electrons. The van der Waals surface area contributed by atoms with Gasteiger partial charge in [0.15, 0.2) is 5.78 Å². The van der Waals surface area contributed by atoms with Crippen LogP contribution in [0.4, 0.5) is 11.4 Å². The highest BCUT2D eigenvalue weighted by atomic mass is 16.6. The number of allylic oxidation sites excluding steroid dienone is 1. The normalized spacial score (nSPS) is 11.0. The molecular weight excluding hydrogens is 356 g/mol. The zero-order valence-electron chi connectivity index (χ0n) is 13.5. The third kappa shape index (κ3) is 3.76. The van der Waals surface area contributed by atoms with Gasteiger partial charge in [0.1, 0.15) is 11.1 Å². The quantitative estimate of drug-likeness (QED) is 0.222. The van der Waals surface area contributed by atoms with Crippen molar-refractivity contribution in [1.82, 2.24) is 0 Å². The first-order chi connectivity index (χ1) is 12.8. The summed E-state index contributed by atoms with van der Waals surface area (Å²) in [5.74, 6) is -0.657. The fraction of sp³-hybridized carbons (Fsp3) is 0. The Kier molecular flexibility index (Phi) is 4.58. The van der Waals surface area contributed by atoms with Gasteiger partial charge in [-0.3, -0.25) is 25.0 Å². The number of nitro benzene ring substituents is 2. The van der Waals surface area contributed by atoms with Crippen LogP contribution in [0.5, 0.6) is 0 Å². The monoisotopic (exact) mass is 366 g/mol. The van der Waals surface area contributed by atoms with Crippen LogP contribution >= 0.6 is 0 Å². The van der Waals surface area contributed by atoms with Gasteiger partial charge in [0.05, 0.1) is 9.85 Å². The summed E-state index contributed by atoms with van der Waals surface area (Å²) in [6.45, 7) is 0. The molecular formula is C18H10N2O7. The zero-order valence-corrected chi connectivity index (χ0v) is 13.5. The van der Waals surface area contributed by atoms with Crippen LogP contribution in [0.15, 0.2) is 63.8 Å². The average molecular weight is 366 g/mol. The molecule has 9 nitrogen and oxygen atoms in total. The Balaban J connectivity index is 1.92.